The molecule has 2 aliphatic heterocycles. The zero-order chi connectivity index (χ0) is 7.84. The predicted octanol–water partition coefficient (Wildman–Crippen LogP) is 0.785. The molecule has 64 valence electrons. The van der Waals surface area contributed by atoms with Gasteiger partial charge in [0.25, 0.3) is 0 Å². The minimum Gasteiger partial charge on any atom is -0.302 e. The molecule has 0 aliphatic carbocycles. The Morgan fingerprint density at radius 1 is 1.18 bits per heavy atom. The van der Waals surface area contributed by atoms with E-state index < -0.39 is 0 Å². The minimum absolute atomic E-state index is 0.884. The first-order chi connectivity index (χ1) is 5.33. The van der Waals surface area contributed by atoms with E-state index in [1.165, 1.54) is 32.5 Å². The quantitative estimate of drug-likeness (QED) is 0.551. The summed E-state index contributed by atoms with van der Waals surface area (Å²) in [5.41, 5.74) is 0. The summed E-state index contributed by atoms with van der Waals surface area (Å²) in [6.07, 6.45) is 2.80. The Morgan fingerprint density at radius 2 is 1.91 bits per heavy atom. The monoisotopic (exact) mass is 154 g/mol. The lowest BCUT2D eigenvalue weighted by Crippen LogP contribution is -2.34. The second-order valence-electron chi connectivity index (χ2n) is 3.82. The predicted molar refractivity (Wildman–Crippen MR) is 46.7 cm³/mol. The van der Waals surface area contributed by atoms with Gasteiger partial charge in [0.15, 0.2) is 0 Å². The molecule has 0 amide bonds. The summed E-state index contributed by atoms with van der Waals surface area (Å²) in [6, 6.07) is 1.78. The first-order valence-corrected chi connectivity index (χ1v) is 4.77. The molecule has 0 saturated carbocycles. The third-order valence-corrected chi connectivity index (χ3v) is 3.38. The van der Waals surface area contributed by atoms with Crippen molar-refractivity contribution in [2.24, 2.45) is 0 Å². The van der Waals surface area contributed by atoms with Crippen LogP contribution >= 0.6 is 0 Å². The highest BCUT2D eigenvalue weighted by Gasteiger charge is 2.39. The molecular weight excluding hydrogens is 136 g/mol. The van der Waals surface area contributed by atoms with E-state index in [9.17, 15) is 0 Å². The summed E-state index contributed by atoms with van der Waals surface area (Å²) >= 11 is 0. The van der Waals surface area contributed by atoms with E-state index in [1.807, 2.05) is 0 Å². The number of likely N-dealkylation sites (N-methyl/N-ethyl adjacent to an activating group) is 2. The van der Waals surface area contributed by atoms with Gasteiger partial charge < -0.3 is 4.90 Å². The van der Waals surface area contributed by atoms with Gasteiger partial charge in [-0.15, -0.1) is 0 Å². The maximum absolute atomic E-state index is 2.63. The van der Waals surface area contributed by atoms with Crippen LogP contribution in [0.3, 0.4) is 0 Å². The van der Waals surface area contributed by atoms with Crippen LogP contribution in [0.25, 0.3) is 0 Å². The lowest BCUT2D eigenvalue weighted by atomic mass is 10.1. The van der Waals surface area contributed by atoms with E-state index in [0.29, 0.717) is 0 Å². The number of rotatable bonds is 1. The largest absolute Gasteiger partial charge is 0.302 e. The average molecular weight is 154 g/mol. The highest BCUT2D eigenvalue weighted by molar-refractivity contribution is 4.97. The van der Waals surface area contributed by atoms with Crippen molar-refractivity contribution >= 4 is 0 Å². The highest BCUT2D eigenvalue weighted by Crippen LogP contribution is 2.29. The Bertz CT molecular complexity index is 146. The van der Waals surface area contributed by atoms with Gasteiger partial charge in [0.1, 0.15) is 0 Å². The fraction of sp³-hybridized carbons (Fsp3) is 1.00. The van der Waals surface area contributed by atoms with Crippen molar-refractivity contribution in [1.29, 1.82) is 0 Å². The average Bonchev–Trinajstić information content (AvgIpc) is 2.53. The Labute approximate surface area is 69.2 Å². The van der Waals surface area contributed by atoms with E-state index in [2.05, 4.69) is 23.8 Å². The molecule has 2 rings (SSSR count). The zero-order valence-corrected chi connectivity index (χ0v) is 7.58. The van der Waals surface area contributed by atoms with E-state index in [-0.39, 0.29) is 0 Å². The SMILES string of the molecule is CCN1CCC2C1CCN2C. The molecular formula is C9H18N2. The molecule has 2 aliphatic rings. The lowest BCUT2D eigenvalue weighted by Gasteiger charge is -2.22. The van der Waals surface area contributed by atoms with Gasteiger partial charge in [-0.2, -0.15) is 0 Å². The van der Waals surface area contributed by atoms with Crippen molar-refractivity contribution < 1.29 is 0 Å². The van der Waals surface area contributed by atoms with Gasteiger partial charge in [0.2, 0.25) is 0 Å². The lowest BCUT2D eigenvalue weighted by molar-refractivity contribution is 0.249. The Kier molecular flexibility index (Phi) is 1.90. The van der Waals surface area contributed by atoms with Gasteiger partial charge >= 0.3 is 0 Å². The van der Waals surface area contributed by atoms with E-state index in [0.717, 1.165) is 12.1 Å². The van der Waals surface area contributed by atoms with Gasteiger partial charge in [0, 0.05) is 18.6 Å². The standard InChI is InChI=1S/C9H18N2/c1-3-11-7-5-8-9(11)4-6-10(8)2/h8-9H,3-7H2,1-2H3. The Morgan fingerprint density at radius 3 is 2.64 bits per heavy atom. The molecule has 0 aromatic carbocycles. The molecule has 2 saturated heterocycles. The summed E-state index contributed by atoms with van der Waals surface area (Å²) in [5.74, 6) is 0. The third kappa shape index (κ3) is 1.09. The van der Waals surface area contributed by atoms with Crippen LogP contribution in [-0.2, 0) is 0 Å². The summed E-state index contributed by atoms with van der Waals surface area (Å²) in [4.78, 5) is 5.16. The number of nitrogens with zero attached hydrogens (tertiary/aromatic N) is 2. The number of fused-ring (bicyclic) bond motifs is 1. The molecule has 2 nitrogen and oxygen atoms in total. The molecule has 0 spiro atoms. The van der Waals surface area contributed by atoms with E-state index in [1.54, 1.807) is 0 Å². The molecule has 11 heavy (non-hydrogen) atoms. The number of likely N-dealkylation sites (tertiary alicyclic amines) is 2. The molecule has 2 atom stereocenters. The van der Waals surface area contributed by atoms with Crippen LogP contribution in [0.5, 0.6) is 0 Å². The molecule has 0 bridgehead atoms. The fourth-order valence-electron chi connectivity index (χ4n) is 2.68. The van der Waals surface area contributed by atoms with Gasteiger partial charge in [-0.1, -0.05) is 6.92 Å². The van der Waals surface area contributed by atoms with Gasteiger partial charge in [0.05, 0.1) is 0 Å². The molecule has 2 fully saturated rings. The Hall–Kier alpha value is -0.0800. The van der Waals surface area contributed by atoms with Crippen LogP contribution in [0, 0.1) is 0 Å². The van der Waals surface area contributed by atoms with Crippen molar-refractivity contribution in [3.63, 3.8) is 0 Å². The number of hydrogen-bond acceptors (Lipinski definition) is 2. The molecule has 0 aromatic heterocycles. The molecule has 2 heteroatoms. The second kappa shape index (κ2) is 2.76. The van der Waals surface area contributed by atoms with Crippen molar-refractivity contribution in [2.75, 3.05) is 26.7 Å². The topological polar surface area (TPSA) is 6.48 Å². The van der Waals surface area contributed by atoms with Crippen LogP contribution in [0.2, 0.25) is 0 Å². The van der Waals surface area contributed by atoms with Crippen LogP contribution in [0.15, 0.2) is 0 Å². The van der Waals surface area contributed by atoms with Gasteiger partial charge in [-0.05, 0) is 33.0 Å². The van der Waals surface area contributed by atoms with Crippen LogP contribution in [-0.4, -0.2) is 48.6 Å². The molecule has 2 unspecified atom stereocenters. The maximum Gasteiger partial charge on any atom is 0.0264 e. The normalized spacial score (nSPS) is 39.8. The van der Waals surface area contributed by atoms with Crippen molar-refractivity contribution in [3.8, 4) is 0 Å². The van der Waals surface area contributed by atoms with Crippen LogP contribution in [0.1, 0.15) is 19.8 Å². The minimum atomic E-state index is 0.884. The summed E-state index contributed by atoms with van der Waals surface area (Å²) in [6.45, 7) is 6.16. The summed E-state index contributed by atoms with van der Waals surface area (Å²) < 4.78 is 0. The van der Waals surface area contributed by atoms with Crippen LogP contribution in [0.4, 0.5) is 0 Å². The Balaban J connectivity index is 2.04. The highest BCUT2D eigenvalue weighted by atomic mass is 15.3. The third-order valence-electron chi connectivity index (χ3n) is 3.38. The molecule has 0 aromatic rings. The first-order valence-electron chi connectivity index (χ1n) is 4.77. The second-order valence-corrected chi connectivity index (χ2v) is 3.82. The van der Waals surface area contributed by atoms with E-state index in [4.69, 9.17) is 0 Å². The molecule has 0 N–H and O–H groups in total. The van der Waals surface area contributed by atoms with Crippen LogP contribution < -0.4 is 0 Å². The van der Waals surface area contributed by atoms with Gasteiger partial charge in [-0.25, -0.2) is 0 Å². The number of hydrogen-bond donors (Lipinski definition) is 0. The maximum atomic E-state index is 2.63. The van der Waals surface area contributed by atoms with Crippen molar-refractivity contribution in [1.82, 2.24) is 9.80 Å². The van der Waals surface area contributed by atoms with E-state index >= 15 is 0 Å². The zero-order valence-electron chi connectivity index (χ0n) is 7.58. The molecule has 0 radical (unpaired) electrons. The summed E-state index contributed by atoms with van der Waals surface area (Å²) in [5, 5.41) is 0. The first kappa shape index (κ1) is 7.56. The summed E-state index contributed by atoms with van der Waals surface area (Å²) in [7, 11) is 2.27. The van der Waals surface area contributed by atoms with Crippen molar-refractivity contribution in [2.45, 2.75) is 31.8 Å². The van der Waals surface area contributed by atoms with Gasteiger partial charge in [-0.3, -0.25) is 4.90 Å². The molecule has 2 heterocycles. The smallest absolute Gasteiger partial charge is 0.0264 e. The van der Waals surface area contributed by atoms with Crippen molar-refractivity contribution in [3.05, 3.63) is 0 Å². The fourth-order valence-corrected chi connectivity index (χ4v) is 2.68.